The Balaban J connectivity index is 1.22. The molecule has 0 saturated heterocycles. The highest BCUT2D eigenvalue weighted by Crippen LogP contribution is 2.50. The van der Waals surface area contributed by atoms with Crippen LogP contribution in [0.5, 0.6) is 0 Å². The summed E-state index contributed by atoms with van der Waals surface area (Å²) in [6.07, 6.45) is 0. The predicted octanol–water partition coefficient (Wildman–Crippen LogP) is 12.0. The molecule has 0 unspecified atom stereocenters. The molecule has 3 nitrogen and oxygen atoms in total. The smallest absolute Gasteiger partial charge is 0.162 e. The molecule has 0 spiro atoms. The van der Waals surface area contributed by atoms with Crippen molar-refractivity contribution in [2.24, 2.45) is 0 Å². The van der Waals surface area contributed by atoms with Crippen molar-refractivity contribution in [2.45, 2.75) is 19.3 Å². The van der Waals surface area contributed by atoms with E-state index in [-0.39, 0.29) is 5.41 Å². The van der Waals surface area contributed by atoms with Crippen molar-refractivity contribution in [1.29, 1.82) is 0 Å². The van der Waals surface area contributed by atoms with E-state index in [1.54, 1.807) is 0 Å². The summed E-state index contributed by atoms with van der Waals surface area (Å²) in [5, 5.41) is 3.42. The van der Waals surface area contributed by atoms with Gasteiger partial charge in [0.2, 0.25) is 0 Å². The van der Waals surface area contributed by atoms with Gasteiger partial charge in [-0.2, -0.15) is 0 Å². The highest BCUT2D eigenvalue weighted by molar-refractivity contribution is 6.14. The van der Waals surface area contributed by atoms with E-state index in [0.29, 0.717) is 5.82 Å². The number of nitrogens with zero attached hydrogens (tertiary/aromatic N) is 3. The van der Waals surface area contributed by atoms with Gasteiger partial charge >= 0.3 is 0 Å². The van der Waals surface area contributed by atoms with Crippen LogP contribution in [0.25, 0.3) is 83.3 Å². The zero-order chi connectivity index (χ0) is 33.4. The zero-order valence-corrected chi connectivity index (χ0v) is 27.9. The molecule has 7 aromatic carbocycles. The Hall–Kier alpha value is -6.32. The van der Waals surface area contributed by atoms with Gasteiger partial charge in [-0.1, -0.05) is 135 Å². The van der Waals surface area contributed by atoms with E-state index < -0.39 is 0 Å². The molecule has 0 N–H and O–H groups in total. The molecule has 0 amide bonds. The molecular formula is C47H33N3. The average Bonchev–Trinajstić information content (AvgIpc) is 3.63. The second-order valence-electron chi connectivity index (χ2n) is 13.8. The van der Waals surface area contributed by atoms with Gasteiger partial charge in [0.25, 0.3) is 0 Å². The van der Waals surface area contributed by atoms with Crippen molar-refractivity contribution in [3.05, 3.63) is 175 Å². The summed E-state index contributed by atoms with van der Waals surface area (Å²) in [7, 11) is 0. The third kappa shape index (κ3) is 4.23. The fraction of sp³-hybridized carbons (Fsp3) is 0.0638. The lowest BCUT2D eigenvalue weighted by Gasteiger charge is -2.22. The first kappa shape index (κ1) is 28.7. The van der Waals surface area contributed by atoms with Gasteiger partial charge in [0.05, 0.1) is 22.2 Å². The van der Waals surface area contributed by atoms with Crippen molar-refractivity contribution >= 4 is 32.7 Å². The molecule has 0 fully saturated rings. The summed E-state index contributed by atoms with van der Waals surface area (Å²) in [6, 6.07) is 58.7. The number of rotatable bonds is 4. The quantitative estimate of drug-likeness (QED) is 0.192. The fourth-order valence-corrected chi connectivity index (χ4v) is 8.17. The fourth-order valence-electron chi connectivity index (χ4n) is 8.17. The van der Waals surface area contributed by atoms with Crippen molar-refractivity contribution < 1.29 is 0 Å². The Bertz CT molecular complexity index is 2770. The molecule has 236 valence electrons. The van der Waals surface area contributed by atoms with E-state index in [2.05, 4.69) is 176 Å². The van der Waals surface area contributed by atoms with Gasteiger partial charge < -0.3 is 4.57 Å². The van der Waals surface area contributed by atoms with Crippen LogP contribution in [-0.4, -0.2) is 14.5 Å². The Morgan fingerprint density at radius 2 is 1.12 bits per heavy atom. The molecule has 0 bridgehead atoms. The number of fused-ring (bicyclic) bond motifs is 7. The molecule has 3 heteroatoms. The first-order valence-corrected chi connectivity index (χ1v) is 17.3. The van der Waals surface area contributed by atoms with Crippen LogP contribution >= 0.6 is 0 Å². The lowest BCUT2D eigenvalue weighted by Crippen LogP contribution is -2.14. The Morgan fingerprint density at radius 1 is 0.460 bits per heavy atom. The normalized spacial score (nSPS) is 13.2. The van der Waals surface area contributed by atoms with Crippen molar-refractivity contribution in [3.8, 4) is 50.6 Å². The minimum Gasteiger partial charge on any atom is -0.308 e. The van der Waals surface area contributed by atoms with Crippen LogP contribution in [0, 0.1) is 0 Å². The van der Waals surface area contributed by atoms with Crippen LogP contribution in [0.1, 0.15) is 25.0 Å². The topological polar surface area (TPSA) is 30.7 Å². The maximum absolute atomic E-state index is 5.30. The van der Waals surface area contributed by atoms with E-state index >= 15 is 0 Å². The van der Waals surface area contributed by atoms with Gasteiger partial charge in [-0.25, -0.2) is 9.97 Å². The van der Waals surface area contributed by atoms with Gasteiger partial charge in [0.15, 0.2) is 5.82 Å². The van der Waals surface area contributed by atoms with Crippen LogP contribution in [0.3, 0.4) is 0 Å². The van der Waals surface area contributed by atoms with Gasteiger partial charge in [-0.15, -0.1) is 0 Å². The standard InChI is InChI=1S/C47H33N3/c1-47(2)40-22-11-9-18-34(40)35-26-24-32(29-41(35)47)31-25-27-43-39(28-31)36-20-13-21-38(45(36)50(43)33-16-7-4-8-17-33)46-48-42-23-12-10-19-37(42)44(49-46)30-14-5-3-6-15-30/h3-29H,1-2H3. The summed E-state index contributed by atoms with van der Waals surface area (Å²) in [5.74, 6) is 0.716. The summed E-state index contributed by atoms with van der Waals surface area (Å²) in [4.78, 5) is 10.5. The van der Waals surface area contributed by atoms with Crippen molar-refractivity contribution in [3.63, 3.8) is 0 Å². The second-order valence-corrected chi connectivity index (χ2v) is 13.8. The van der Waals surface area contributed by atoms with Crippen LogP contribution in [0.2, 0.25) is 0 Å². The summed E-state index contributed by atoms with van der Waals surface area (Å²) in [6.45, 7) is 4.69. The van der Waals surface area contributed by atoms with Crippen LogP contribution in [0.4, 0.5) is 0 Å². The zero-order valence-electron chi connectivity index (χ0n) is 27.9. The number of benzene rings is 7. The number of para-hydroxylation sites is 3. The van der Waals surface area contributed by atoms with Crippen LogP contribution < -0.4 is 0 Å². The molecule has 10 rings (SSSR count). The maximum Gasteiger partial charge on any atom is 0.162 e. The third-order valence-electron chi connectivity index (χ3n) is 10.6. The van der Waals surface area contributed by atoms with Crippen molar-refractivity contribution in [2.75, 3.05) is 0 Å². The highest BCUT2D eigenvalue weighted by Gasteiger charge is 2.35. The summed E-state index contributed by atoms with van der Waals surface area (Å²) in [5.41, 5.74) is 15.2. The third-order valence-corrected chi connectivity index (χ3v) is 10.6. The monoisotopic (exact) mass is 639 g/mol. The molecule has 0 saturated carbocycles. The number of aromatic nitrogens is 3. The van der Waals surface area contributed by atoms with Crippen LogP contribution in [0.15, 0.2) is 164 Å². The van der Waals surface area contributed by atoms with Gasteiger partial charge in [-0.3, -0.25) is 0 Å². The summed E-state index contributed by atoms with van der Waals surface area (Å²) < 4.78 is 2.38. The number of hydrogen-bond donors (Lipinski definition) is 0. The molecule has 2 aromatic heterocycles. The van der Waals surface area contributed by atoms with E-state index in [1.807, 2.05) is 6.07 Å². The SMILES string of the molecule is CC1(C)c2ccccc2-c2ccc(-c3ccc4c(c3)c3cccc(-c5nc(-c6ccccc6)c6ccccc6n5)c3n4-c3ccccc3)cc21. The van der Waals surface area contributed by atoms with E-state index in [1.165, 1.54) is 44.2 Å². The molecule has 9 aromatic rings. The minimum atomic E-state index is -0.0528. The molecule has 1 aliphatic carbocycles. The highest BCUT2D eigenvalue weighted by atomic mass is 15.0. The van der Waals surface area contributed by atoms with E-state index in [4.69, 9.17) is 9.97 Å². The first-order valence-electron chi connectivity index (χ1n) is 17.3. The molecular weight excluding hydrogens is 607 g/mol. The molecule has 0 aliphatic heterocycles. The molecule has 0 radical (unpaired) electrons. The predicted molar refractivity (Wildman–Crippen MR) is 208 cm³/mol. The van der Waals surface area contributed by atoms with Crippen LogP contribution in [-0.2, 0) is 5.41 Å². The van der Waals surface area contributed by atoms with Gasteiger partial charge in [0.1, 0.15) is 0 Å². The Kier molecular flexibility index (Phi) is 6.22. The average molecular weight is 640 g/mol. The molecule has 1 aliphatic rings. The first-order chi connectivity index (χ1) is 24.6. The minimum absolute atomic E-state index is 0.0528. The summed E-state index contributed by atoms with van der Waals surface area (Å²) >= 11 is 0. The lowest BCUT2D eigenvalue weighted by atomic mass is 9.81. The van der Waals surface area contributed by atoms with E-state index in [9.17, 15) is 0 Å². The second kappa shape index (κ2) is 10.8. The van der Waals surface area contributed by atoms with Gasteiger partial charge in [-0.05, 0) is 75.8 Å². The largest absolute Gasteiger partial charge is 0.308 e. The molecule has 0 atom stereocenters. The Labute approximate surface area is 291 Å². The lowest BCUT2D eigenvalue weighted by molar-refractivity contribution is 0.660. The van der Waals surface area contributed by atoms with E-state index in [0.717, 1.165) is 44.4 Å². The molecule has 2 heterocycles. The Morgan fingerprint density at radius 3 is 1.98 bits per heavy atom. The maximum atomic E-state index is 5.30. The van der Waals surface area contributed by atoms with Crippen molar-refractivity contribution in [1.82, 2.24) is 14.5 Å². The number of hydrogen-bond acceptors (Lipinski definition) is 2. The molecule has 50 heavy (non-hydrogen) atoms. The van der Waals surface area contributed by atoms with Gasteiger partial charge in [0, 0.05) is 38.4 Å².